The van der Waals surface area contributed by atoms with Crippen molar-refractivity contribution in [2.45, 2.75) is 52.4 Å². The molecular formula is C17H25BrFNO. The Labute approximate surface area is 135 Å². The Bertz CT molecular complexity index is 482. The smallest absolute Gasteiger partial charge is 0.137 e. The van der Waals surface area contributed by atoms with Crippen LogP contribution < -0.4 is 5.32 Å². The van der Waals surface area contributed by atoms with Gasteiger partial charge in [-0.05, 0) is 60.3 Å². The summed E-state index contributed by atoms with van der Waals surface area (Å²) in [6.07, 6.45) is 1.32. The first-order chi connectivity index (χ1) is 9.95. The summed E-state index contributed by atoms with van der Waals surface area (Å²) in [5.74, 6) is 0.742. The molecular weight excluding hydrogens is 333 g/mol. The highest BCUT2D eigenvalue weighted by Gasteiger charge is 2.41. The van der Waals surface area contributed by atoms with E-state index in [1.165, 1.54) is 6.07 Å². The fourth-order valence-electron chi connectivity index (χ4n) is 3.54. The average molecular weight is 358 g/mol. The van der Waals surface area contributed by atoms with Crippen molar-refractivity contribution in [3.8, 4) is 0 Å². The van der Waals surface area contributed by atoms with E-state index >= 15 is 0 Å². The maximum atomic E-state index is 13.7. The molecule has 4 heteroatoms. The zero-order valence-electron chi connectivity index (χ0n) is 13.2. The Morgan fingerprint density at radius 3 is 2.57 bits per heavy atom. The molecule has 2 nitrogen and oxygen atoms in total. The maximum Gasteiger partial charge on any atom is 0.137 e. The SMILES string of the molecule is CCNC(Cc1cccc(F)c1Br)C1C(C)OC(C)C1C. The molecule has 1 aliphatic rings. The molecule has 1 saturated heterocycles. The van der Waals surface area contributed by atoms with E-state index in [-0.39, 0.29) is 18.0 Å². The quantitative estimate of drug-likeness (QED) is 0.853. The topological polar surface area (TPSA) is 21.3 Å². The van der Waals surface area contributed by atoms with Crippen molar-refractivity contribution in [2.75, 3.05) is 6.54 Å². The molecule has 1 aliphatic heterocycles. The van der Waals surface area contributed by atoms with Crippen LogP contribution >= 0.6 is 15.9 Å². The minimum Gasteiger partial charge on any atom is -0.375 e. The third-order valence-corrected chi connectivity index (χ3v) is 5.61. The molecule has 5 unspecified atom stereocenters. The first-order valence-corrected chi connectivity index (χ1v) is 8.56. The Morgan fingerprint density at radius 1 is 1.29 bits per heavy atom. The van der Waals surface area contributed by atoms with Gasteiger partial charge in [0, 0.05) is 12.0 Å². The summed E-state index contributed by atoms with van der Waals surface area (Å²) in [5, 5.41) is 3.58. The number of hydrogen-bond acceptors (Lipinski definition) is 2. The molecule has 0 aliphatic carbocycles. The van der Waals surface area contributed by atoms with Crippen LogP contribution in [0.5, 0.6) is 0 Å². The summed E-state index contributed by atoms with van der Waals surface area (Å²) < 4.78 is 20.3. The van der Waals surface area contributed by atoms with E-state index in [0.29, 0.717) is 22.4 Å². The monoisotopic (exact) mass is 357 g/mol. The minimum absolute atomic E-state index is 0.195. The molecule has 0 bridgehead atoms. The summed E-state index contributed by atoms with van der Waals surface area (Å²) in [7, 11) is 0. The van der Waals surface area contributed by atoms with E-state index in [1.54, 1.807) is 6.07 Å². The van der Waals surface area contributed by atoms with E-state index < -0.39 is 0 Å². The second-order valence-corrected chi connectivity index (χ2v) is 6.86. The van der Waals surface area contributed by atoms with E-state index in [9.17, 15) is 4.39 Å². The number of nitrogens with one attached hydrogen (secondary N) is 1. The van der Waals surface area contributed by atoms with Crippen LogP contribution in [-0.2, 0) is 11.2 Å². The normalized spacial score (nSPS) is 30.6. The van der Waals surface area contributed by atoms with Crippen LogP contribution in [0.3, 0.4) is 0 Å². The van der Waals surface area contributed by atoms with Gasteiger partial charge in [0.1, 0.15) is 5.82 Å². The molecule has 1 N–H and O–H groups in total. The Balaban J connectivity index is 2.21. The number of ether oxygens (including phenoxy) is 1. The highest BCUT2D eigenvalue weighted by molar-refractivity contribution is 9.10. The largest absolute Gasteiger partial charge is 0.375 e. The number of hydrogen-bond donors (Lipinski definition) is 1. The lowest BCUT2D eigenvalue weighted by Gasteiger charge is -2.30. The standard InChI is InChI=1S/C17H25BrFNO/c1-5-20-15(16-10(2)11(3)21-12(16)4)9-13-7-6-8-14(19)17(13)18/h6-8,10-12,15-16,20H,5,9H2,1-4H3. The molecule has 0 spiro atoms. The average Bonchev–Trinajstić information content (AvgIpc) is 2.68. The summed E-state index contributed by atoms with van der Waals surface area (Å²) in [6.45, 7) is 9.56. The molecule has 2 rings (SSSR count). The van der Waals surface area contributed by atoms with Crippen LogP contribution in [0.2, 0.25) is 0 Å². The molecule has 21 heavy (non-hydrogen) atoms. The summed E-state index contributed by atoms with van der Waals surface area (Å²) in [5.41, 5.74) is 1.01. The summed E-state index contributed by atoms with van der Waals surface area (Å²) in [6, 6.07) is 5.55. The maximum absolute atomic E-state index is 13.7. The molecule has 1 heterocycles. The second-order valence-electron chi connectivity index (χ2n) is 6.06. The zero-order valence-corrected chi connectivity index (χ0v) is 14.8. The number of likely N-dealkylation sites (N-methyl/N-ethyl adjacent to an activating group) is 1. The lowest BCUT2D eigenvalue weighted by molar-refractivity contribution is 0.0476. The summed E-state index contributed by atoms with van der Waals surface area (Å²) in [4.78, 5) is 0. The predicted octanol–water partition coefficient (Wildman–Crippen LogP) is 4.17. The first-order valence-electron chi connectivity index (χ1n) is 7.77. The van der Waals surface area contributed by atoms with Gasteiger partial charge in [0.2, 0.25) is 0 Å². The third-order valence-electron chi connectivity index (χ3n) is 4.72. The summed E-state index contributed by atoms with van der Waals surface area (Å²) >= 11 is 3.38. The van der Waals surface area contributed by atoms with E-state index in [0.717, 1.165) is 18.5 Å². The number of benzene rings is 1. The van der Waals surface area contributed by atoms with Crippen molar-refractivity contribution in [2.24, 2.45) is 11.8 Å². The molecule has 0 aromatic heterocycles. The first kappa shape index (κ1) is 16.9. The van der Waals surface area contributed by atoms with E-state index in [2.05, 4.69) is 48.9 Å². The Morgan fingerprint density at radius 2 is 2.00 bits per heavy atom. The van der Waals surface area contributed by atoms with Gasteiger partial charge in [-0.2, -0.15) is 0 Å². The van der Waals surface area contributed by atoms with Gasteiger partial charge in [-0.3, -0.25) is 0 Å². The fourth-order valence-corrected chi connectivity index (χ4v) is 3.96. The molecule has 1 fully saturated rings. The van der Waals surface area contributed by atoms with Crippen molar-refractivity contribution < 1.29 is 9.13 Å². The van der Waals surface area contributed by atoms with Crippen LogP contribution in [0.25, 0.3) is 0 Å². The predicted molar refractivity (Wildman–Crippen MR) is 87.9 cm³/mol. The van der Waals surface area contributed by atoms with Gasteiger partial charge in [0.15, 0.2) is 0 Å². The molecule has 118 valence electrons. The molecule has 1 aromatic rings. The van der Waals surface area contributed by atoms with E-state index in [1.807, 2.05) is 6.07 Å². The Hall–Kier alpha value is -0.450. The lowest BCUT2D eigenvalue weighted by atomic mass is 9.81. The lowest BCUT2D eigenvalue weighted by Crippen LogP contribution is -2.43. The van der Waals surface area contributed by atoms with Gasteiger partial charge in [-0.1, -0.05) is 26.0 Å². The van der Waals surface area contributed by atoms with Gasteiger partial charge < -0.3 is 10.1 Å². The van der Waals surface area contributed by atoms with Crippen LogP contribution in [0.4, 0.5) is 4.39 Å². The highest BCUT2D eigenvalue weighted by Crippen LogP contribution is 2.36. The van der Waals surface area contributed by atoms with Crippen molar-refractivity contribution >= 4 is 15.9 Å². The minimum atomic E-state index is -0.195. The number of halogens is 2. The second kappa shape index (κ2) is 7.21. The molecule has 0 saturated carbocycles. The van der Waals surface area contributed by atoms with Crippen LogP contribution in [-0.4, -0.2) is 24.8 Å². The van der Waals surface area contributed by atoms with Gasteiger partial charge in [-0.25, -0.2) is 4.39 Å². The van der Waals surface area contributed by atoms with Crippen molar-refractivity contribution in [3.05, 3.63) is 34.1 Å². The molecule has 0 radical (unpaired) electrons. The zero-order chi connectivity index (χ0) is 15.6. The van der Waals surface area contributed by atoms with E-state index in [4.69, 9.17) is 4.74 Å². The van der Waals surface area contributed by atoms with Crippen LogP contribution in [0, 0.1) is 17.7 Å². The molecule has 1 aromatic carbocycles. The molecule has 5 atom stereocenters. The highest BCUT2D eigenvalue weighted by atomic mass is 79.9. The van der Waals surface area contributed by atoms with Gasteiger partial charge >= 0.3 is 0 Å². The fraction of sp³-hybridized carbons (Fsp3) is 0.647. The van der Waals surface area contributed by atoms with Crippen LogP contribution in [0.15, 0.2) is 22.7 Å². The van der Waals surface area contributed by atoms with Crippen molar-refractivity contribution in [1.82, 2.24) is 5.32 Å². The number of rotatable bonds is 5. The van der Waals surface area contributed by atoms with Gasteiger partial charge in [-0.15, -0.1) is 0 Å². The van der Waals surface area contributed by atoms with Crippen molar-refractivity contribution in [3.63, 3.8) is 0 Å². The van der Waals surface area contributed by atoms with Crippen molar-refractivity contribution in [1.29, 1.82) is 0 Å². The van der Waals surface area contributed by atoms with Crippen LogP contribution in [0.1, 0.15) is 33.3 Å². The molecule has 0 amide bonds. The van der Waals surface area contributed by atoms with Gasteiger partial charge in [0.25, 0.3) is 0 Å². The Kier molecular flexibility index (Phi) is 5.81. The third kappa shape index (κ3) is 3.66. The van der Waals surface area contributed by atoms with Gasteiger partial charge in [0.05, 0.1) is 16.7 Å².